The van der Waals surface area contributed by atoms with Crippen LogP contribution in [0.2, 0.25) is 0 Å². The molecule has 1 aliphatic heterocycles. The van der Waals surface area contributed by atoms with E-state index in [9.17, 15) is 0 Å². The Morgan fingerprint density at radius 2 is 1.50 bits per heavy atom. The first-order valence-corrected chi connectivity index (χ1v) is 11.0. The zero-order valence-corrected chi connectivity index (χ0v) is 17.8. The van der Waals surface area contributed by atoms with Crippen molar-refractivity contribution in [2.45, 2.75) is 96.0 Å². The van der Waals surface area contributed by atoms with E-state index in [2.05, 4.69) is 43.9 Å². The van der Waals surface area contributed by atoms with Crippen molar-refractivity contribution < 1.29 is 9.47 Å². The van der Waals surface area contributed by atoms with Gasteiger partial charge in [0.05, 0.1) is 24.4 Å². The maximum Gasteiger partial charge on any atom is 0.119 e. The quantitative estimate of drug-likeness (QED) is 0.683. The second-order valence-corrected chi connectivity index (χ2v) is 9.31. The monoisotopic (exact) mass is 384 g/mol. The molecule has 0 unspecified atom stereocenters. The molecule has 1 saturated heterocycles. The number of aryl methyl sites for hydroxylation is 1. The highest BCUT2D eigenvalue weighted by atomic mass is 16.5. The number of ether oxygens (including phenoxy) is 2. The van der Waals surface area contributed by atoms with Crippen LogP contribution in [0.5, 0.6) is 5.75 Å². The Hall–Kier alpha value is -1.57. The fourth-order valence-corrected chi connectivity index (χ4v) is 4.35. The van der Waals surface area contributed by atoms with Crippen LogP contribution in [0.25, 0.3) is 0 Å². The van der Waals surface area contributed by atoms with Crippen molar-refractivity contribution in [3.05, 3.63) is 29.8 Å². The molecule has 1 aromatic carbocycles. The van der Waals surface area contributed by atoms with E-state index in [1.54, 1.807) is 0 Å². The molecule has 0 aromatic heterocycles. The normalized spacial score (nSPS) is 24.6. The van der Waals surface area contributed by atoms with E-state index >= 15 is 0 Å². The number of nitrogens with zero attached hydrogens (tertiary/aromatic N) is 2. The fourth-order valence-electron chi connectivity index (χ4n) is 4.35. The number of likely N-dealkylation sites (tertiary alicyclic amines) is 1. The number of rotatable bonds is 6. The fraction of sp³-hybridized carbons (Fsp3) is 0.708. The molecule has 28 heavy (non-hydrogen) atoms. The third-order valence-electron chi connectivity index (χ3n) is 6.15. The van der Waals surface area contributed by atoms with E-state index in [-0.39, 0.29) is 5.54 Å². The highest BCUT2D eigenvalue weighted by Gasteiger charge is 2.30. The van der Waals surface area contributed by atoms with Gasteiger partial charge in [0.1, 0.15) is 5.75 Å². The first-order chi connectivity index (χ1) is 13.4. The van der Waals surface area contributed by atoms with E-state index in [4.69, 9.17) is 14.7 Å². The summed E-state index contributed by atoms with van der Waals surface area (Å²) >= 11 is 0. The minimum atomic E-state index is 0.272. The van der Waals surface area contributed by atoms with Crippen LogP contribution in [-0.2, 0) is 11.2 Å². The van der Waals surface area contributed by atoms with Gasteiger partial charge in [0.2, 0.25) is 0 Å². The van der Waals surface area contributed by atoms with Gasteiger partial charge in [-0.1, -0.05) is 12.1 Å². The summed E-state index contributed by atoms with van der Waals surface area (Å²) in [7, 11) is 0. The Morgan fingerprint density at radius 3 is 2.07 bits per heavy atom. The van der Waals surface area contributed by atoms with Gasteiger partial charge >= 0.3 is 0 Å². The molecule has 0 bridgehead atoms. The smallest absolute Gasteiger partial charge is 0.119 e. The van der Waals surface area contributed by atoms with Crippen molar-refractivity contribution in [2.24, 2.45) is 0 Å². The Morgan fingerprint density at radius 1 is 0.929 bits per heavy atom. The molecule has 4 nitrogen and oxygen atoms in total. The maximum atomic E-state index is 8.68. The van der Waals surface area contributed by atoms with Crippen LogP contribution in [0.3, 0.4) is 0 Å². The number of benzene rings is 1. The van der Waals surface area contributed by atoms with Gasteiger partial charge in [0.15, 0.2) is 0 Å². The van der Waals surface area contributed by atoms with Crippen molar-refractivity contribution in [1.82, 2.24) is 4.90 Å². The molecular formula is C24H36N2O2. The summed E-state index contributed by atoms with van der Waals surface area (Å²) in [5.41, 5.74) is 1.47. The Labute approximate surface area is 170 Å². The minimum Gasteiger partial charge on any atom is -0.490 e. The van der Waals surface area contributed by atoms with E-state index in [1.807, 2.05) is 12.1 Å². The van der Waals surface area contributed by atoms with Crippen molar-refractivity contribution in [1.29, 1.82) is 5.26 Å². The third kappa shape index (κ3) is 6.22. The highest BCUT2D eigenvalue weighted by molar-refractivity contribution is 5.27. The number of hydrogen-bond acceptors (Lipinski definition) is 4. The van der Waals surface area contributed by atoms with Gasteiger partial charge in [-0.25, -0.2) is 0 Å². The maximum absolute atomic E-state index is 8.68. The topological polar surface area (TPSA) is 45.5 Å². The summed E-state index contributed by atoms with van der Waals surface area (Å²) in [4.78, 5) is 2.57. The predicted octanol–water partition coefficient (Wildman–Crippen LogP) is 5.11. The molecular weight excluding hydrogens is 348 g/mol. The van der Waals surface area contributed by atoms with Crippen LogP contribution in [0.15, 0.2) is 24.3 Å². The SMILES string of the molecule is CC(C)(C)N1CCC(OC2CCC(Oc3ccc(CCC#N)cc3)CC2)CC1. The molecule has 1 aromatic rings. The standard InChI is InChI=1S/C24H36N2O2/c1-24(2,3)26-17-14-23(15-18-26)28-22-12-10-21(11-13-22)27-20-8-6-19(7-9-20)5-4-16-25/h6-9,21-23H,4-5,10-15,17-18H2,1-3H3. The van der Waals surface area contributed by atoms with Gasteiger partial charge in [0.25, 0.3) is 0 Å². The summed E-state index contributed by atoms with van der Waals surface area (Å²) in [6.07, 6.45) is 9.18. The molecule has 4 heteroatoms. The summed E-state index contributed by atoms with van der Waals surface area (Å²) < 4.78 is 12.6. The zero-order chi connectivity index (χ0) is 20.0. The number of nitriles is 1. The first-order valence-electron chi connectivity index (χ1n) is 11.0. The van der Waals surface area contributed by atoms with Crippen LogP contribution in [-0.4, -0.2) is 41.8 Å². The van der Waals surface area contributed by atoms with E-state index in [0.29, 0.717) is 24.7 Å². The molecule has 0 radical (unpaired) electrons. The number of piperidine rings is 1. The zero-order valence-electron chi connectivity index (χ0n) is 17.8. The molecule has 2 fully saturated rings. The van der Waals surface area contributed by atoms with E-state index in [1.165, 1.54) is 5.56 Å². The molecule has 1 aliphatic carbocycles. The van der Waals surface area contributed by atoms with Gasteiger partial charge in [0, 0.05) is 25.0 Å². The van der Waals surface area contributed by atoms with Crippen molar-refractivity contribution in [2.75, 3.05) is 13.1 Å². The van der Waals surface area contributed by atoms with E-state index < -0.39 is 0 Å². The van der Waals surface area contributed by atoms with Gasteiger partial charge in [-0.2, -0.15) is 5.26 Å². The Kier molecular flexibility index (Phi) is 7.37. The van der Waals surface area contributed by atoms with Gasteiger partial charge in [-0.3, -0.25) is 4.90 Å². The molecule has 0 N–H and O–H groups in total. The van der Waals surface area contributed by atoms with Crippen LogP contribution in [0.4, 0.5) is 0 Å². The molecule has 0 atom stereocenters. The first kappa shape index (κ1) is 21.1. The molecule has 0 spiro atoms. The van der Waals surface area contributed by atoms with Crippen LogP contribution in [0.1, 0.15) is 71.3 Å². The second-order valence-electron chi connectivity index (χ2n) is 9.31. The summed E-state index contributed by atoms with van der Waals surface area (Å²) in [6, 6.07) is 10.4. The average Bonchev–Trinajstić information content (AvgIpc) is 2.69. The lowest BCUT2D eigenvalue weighted by Crippen LogP contribution is -2.48. The minimum absolute atomic E-state index is 0.272. The molecule has 0 amide bonds. The van der Waals surface area contributed by atoms with Crippen LogP contribution < -0.4 is 4.74 Å². The number of hydrogen-bond donors (Lipinski definition) is 0. The van der Waals surface area contributed by atoms with E-state index in [0.717, 1.165) is 63.8 Å². The summed E-state index contributed by atoms with van der Waals surface area (Å²) in [5, 5.41) is 8.68. The predicted molar refractivity (Wildman–Crippen MR) is 112 cm³/mol. The lowest BCUT2D eigenvalue weighted by molar-refractivity contribution is -0.0741. The Bertz CT molecular complexity index is 628. The summed E-state index contributed by atoms with van der Waals surface area (Å²) in [6.45, 7) is 9.20. The molecule has 154 valence electrons. The highest BCUT2D eigenvalue weighted by Crippen LogP contribution is 2.29. The third-order valence-corrected chi connectivity index (χ3v) is 6.15. The molecule has 3 rings (SSSR count). The van der Waals surface area contributed by atoms with Crippen molar-refractivity contribution in [3.8, 4) is 11.8 Å². The second kappa shape index (κ2) is 9.76. The van der Waals surface area contributed by atoms with Crippen molar-refractivity contribution in [3.63, 3.8) is 0 Å². The molecule has 1 heterocycles. The van der Waals surface area contributed by atoms with Gasteiger partial charge < -0.3 is 9.47 Å². The summed E-state index contributed by atoms with van der Waals surface area (Å²) in [5.74, 6) is 0.944. The van der Waals surface area contributed by atoms with Gasteiger partial charge in [-0.15, -0.1) is 0 Å². The van der Waals surface area contributed by atoms with Crippen LogP contribution >= 0.6 is 0 Å². The van der Waals surface area contributed by atoms with Crippen LogP contribution in [0, 0.1) is 11.3 Å². The largest absolute Gasteiger partial charge is 0.490 e. The van der Waals surface area contributed by atoms with Gasteiger partial charge in [-0.05, 0) is 83.4 Å². The molecule has 2 aliphatic rings. The molecule has 1 saturated carbocycles. The van der Waals surface area contributed by atoms with Crippen molar-refractivity contribution >= 4 is 0 Å². The Balaban J connectivity index is 1.36. The average molecular weight is 385 g/mol. The lowest BCUT2D eigenvalue weighted by Gasteiger charge is -2.42. The lowest BCUT2D eigenvalue weighted by atomic mass is 9.94.